The molecule has 0 aliphatic heterocycles. The van der Waals surface area contributed by atoms with Crippen LogP contribution in [0.1, 0.15) is 34.5 Å². The molecule has 6 heteroatoms. The molecule has 1 saturated carbocycles. The number of aromatic nitrogens is 1. The van der Waals surface area contributed by atoms with Crippen molar-refractivity contribution in [3.63, 3.8) is 0 Å². The highest BCUT2D eigenvalue weighted by atomic mass is 32.1. The molecule has 1 aromatic carbocycles. The van der Waals surface area contributed by atoms with Gasteiger partial charge in [-0.25, -0.2) is 9.78 Å². The molecule has 0 bridgehead atoms. The van der Waals surface area contributed by atoms with Crippen molar-refractivity contribution < 1.29 is 14.7 Å². The normalized spacial score (nSPS) is 14.4. The molecule has 1 amide bonds. The van der Waals surface area contributed by atoms with Crippen LogP contribution in [0.2, 0.25) is 0 Å². The first-order valence-corrected chi connectivity index (χ1v) is 7.98. The predicted molar refractivity (Wildman–Crippen MR) is 85.2 cm³/mol. The predicted octanol–water partition coefficient (Wildman–Crippen LogP) is 3.56. The summed E-state index contributed by atoms with van der Waals surface area (Å²) in [7, 11) is 0. The number of amides is 1. The average molecular weight is 316 g/mol. The molecule has 2 aromatic rings. The SMILES string of the molecule is Cc1cccc(-c2nc(NC(=O)C3CCC3)sc2C(=O)O)c1. The zero-order valence-electron chi connectivity index (χ0n) is 12.1. The summed E-state index contributed by atoms with van der Waals surface area (Å²) in [4.78, 5) is 27.9. The lowest BCUT2D eigenvalue weighted by Gasteiger charge is -2.23. The van der Waals surface area contributed by atoms with Crippen molar-refractivity contribution in [3.8, 4) is 11.3 Å². The lowest BCUT2D eigenvalue weighted by molar-refractivity contribution is -0.122. The van der Waals surface area contributed by atoms with E-state index in [9.17, 15) is 14.7 Å². The second kappa shape index (κ2) is 5.88. The number of benzene rings is 1. The van der Waals surface area contributed by atoms with E-state index in [0.29, 0.717) is 10.8 Å². The molecule has 1 heterocycles. The fourth-order valence-corrected chi connectivity index (χ4v) is 3.21. The Kier molecular flexibility index (Phi) is 3.94. The minimum atomic E-state index is -1.03. The molecule has 0 spiro atoms. The van der Waals surface area contributed by atoms with Crippen LogP contribution in [0, 0.1) is 12.8 Å². The van der Waals surface area contributed by atoms with E-state index in [1.165, 1.54) is 0 Å². The number of hydrogen-bond acceptors (Lipinski definition) is 4. The second-order valence-corrected chi connectivity index (χ2v) is 6.49. The quantitative estimate of drug-likeness (QED) is 0.904. The highest BCUT2D eigenvalue weighted by Crippen LogP contribution is 2.33. The molecule has 1 aliphatic rings. The van der Waals surface area contributed by atoms with Crippen LogP contribution in [-0.4, -0.2) is 22.0 Å². The van der Waals surface area contributed by atoms with Gasteiger partial charge in [-0.05, 0) is 25.8 Å². The van der Waals surface area contributed by atoms with Crippen LogP contribution in [0.3, 0.4) is 0 Å². The maximum atomic E-state index is 12.0. The lowest BCUT2D eigenvalue weighted by atomic mass is 9.85. The van der Waals surface area contributed by atoms with E-state index < -0.39 is 5.97 Å². The van der Waals surface area contributed by atoms with Gasteiger partial charge in [-0.3, -0.25) is 4.79 Å². The molecule has 0 atom stereocenters. The van der Waals surface area contributed by atoms with E-state index in [1.54, 1.807) is 0 Å². The lowest BCUT2D eigenvalue weighted by Crippen LogP contribution is -2.27. The Bertz CT molecular complexity index is 735. The molecule has 5 nitrogen and oxygen atoms in total. The zero-order valence-corrected chi connectivity index (χ0v) is 12.9. The molecule has 1 aliphatic carbocycles. The highest BCUT2D eigenvalue weighted by molar-refractivity contribution is 7.18. The van der Waals surface area contributed by atoms with Gasteiger partial charge in [0.05, 0.1) is 5.69 Å². The number of aryl methyl sites for hydroxylation is 1. The summed E-state index contributed by atoms with van der Waals surface area (Å²) >= 11 is 1.01. The Hall–Kier alpha value is -2.21. The summed E-state index contributed by atoms with van der Waals surface area (Å²) < 4.78 is 0. The first-order chi connectivity index (χ1) is 10.5. The van der Waals surface area contributed by atoms with E-state index in [4.69, 9.17) is 0 Å². The fourth-order valence-electron chi connectivity index (χ4n) is 2.38. The van der Waals surface area contributed by atoms with Crippen molar-refractivity contribution in [1.29, 1.82) is 0 Å². The Morgan fingerprint density at radius 2 is 2.14 bits per heavy atom. The molecule has 22 heavy (non-hydrogen) atoms. The summed E-state index contributed by atoms with van der Waals surface area (Å²) in [6.07, 6.45) is 2.87. The number of carbonyl (C=O) groups excluding carboxylic acids is 1. The number of carboxylic acids is 1. The van der Waals surface area contributed by atoms with Gasteiger partial charge in [0, 0.05) is 11.5 Å². The summed E-state index contributed by atoms with van der Waals surface area (Å²) in [6, 6.07) is 7.52. The van der Waals surface area contributed by atoms with Gasteiger partial charge >= 0.3 is 5.97 Å². The molecule has 2 N–H and O–H groups in total. The van der Waals surface area contributed by atoms with Gasteiger partial charge in [0.15, 0.2) is 5.13 Å². The maximum Gasteiger partial charge on any atom is 0.348 e. The van der Waals surface area contributed by atoms with Crippen molar-refractivity contribution in [1.82, 2.24) is 4.98 Å². The summed E-state index contributed by atoms with van der Waals surface area (Å²) in [5.74, 6) is -1.05. The minimum absolute atomic E-state index is 0.0413. The van der Waals surface area contributed by atoms with Crippen molar-refractivity contribution in [2.24, 2.45) is 5.92 Å². The summed E-state index contributed by atoms with van der Waals surface area (Å²) in [6.45, 7) is 1.94. The number of rotatable bonds is 4. The molecule has 114 valence electrons. The van der Waals surface area contributed by atoms with Gasteiger partial charge in [0.2, 0.25) is 5.91 Å². The third kappa shape index (κ3) is 2.87. The Morgan fingerprint density at radius 1 is 1.36 bits per heavy atom. The van der Waals surface area contributed by atoms with Crippen LogP contribution in [0.25, 0.3) is 11.3 Å². The highest BCUT2D eigenvalue weighted by Gasteiger charge is 2.27. The minimum Gasteiger partial charge on any atom is -0.477 e. The zero-order chi connectivity index (χ0) is 15.7. The first-order valence-electron chi connectivity index (χ1n) is 7.16. The first kappa shape index (κ1) is 14.7. The van der Waals surface area contributed by atoms with Crippen molar-refractivity contribution in [2.75, 3.05) is 5.32 Å². The second-order valence-electron chi connectivity index (χ2n) is 5.49. The Balaban J connectivity index is 1.92. The van der Waals surface area contributed by atoms with Crippen molar-refractivity contribution in [2.45, 2.75) is 26.2 Å². The molecule has 0 unspecified atom stereocenters. The third-order valence-electron chi connectivity index (χ3n) is 3.82. The molecular formula is C16H16N2O3S. The standard InChI is InChI=1S/C16H16N2O3S/c1-9-4-2-7-11(8-9)12-13(15(20)21)22-16(17-12)18-14(19)10-5-3-6-10/h2,4,7-8,10H,3,5-6H2,1H3,(H,20,21)(H,17,18,19). The van der Waals surface area contributed by atoms with Crippen LogP contribution in [0.4, 0.5) is 5.13 Å². The van der Waals surface area contributed by atoms with Gasteiger partial charge in [-0.2, -0.15) is 0 Å². The third-order valence-corrected chi connectivity index (χ3v) is 4.78. The molecule has 3 rings (SSSR count). The Labute approximate surface area is 132 Å². The van der Waals surface area contributed by atoms with Gasteiger partial charge in [-0.15, -0.1) is 0 Å². The Morgan fingerprint density at radius 3 is 2.73 bits per heavy atom. The monoisotopic (exact) mass is 316 g/mol. The van der Waals surface area contributed by atoms with Crippen LogP contribution in [0.5, 0.6) is 0 Å². The molecular weight excluding hydrogens is 300 g/mol. The number of anilines is 1. The average Bonchev–Trinajstić information content (AvgIpc) is 2.80. The number of carbonyl (C=O) groups is 2. The van der Waals surface area contributed by atoms with Crippen LogP contribution >= 0.6 is 11.3 Å². The van der Waals surface area contributed by atoms with Crippen LogP contribution in [0.15, 0.2) is 24.3 Å². The molecule has 0 saturated heterocycles. The summed E-state index contributed by atoms with van der Waals surface area (Å²) in [5, 5.41) is 12.5. The molecule has 1 aromatic heterocycles. The summed E-state index contributed by atoms with van der Waals surface area (Å²) in [5.41, 5.74) is 2.18. The van der Waals surface area contributed by atoms with E-state index >= 15 is 0 Å². The molecule has 1 fully saturated rings. The largest absolute Gasteiger partial charge is 0.477 e. The van der Waals surface area contributed by atoms with Gasteiger partial charge in [0.25, 0.3) is 0 Å². The number of nitrogens with one attached hydrogen (secondary N) is 1. The van der Waals surface area contributed by atoms with Crippen LogP contribution < -0.4 is 5.32 Å². The van der Waals surface area contributed by atoms with Crippen molar-refractivity contribution >= 4 is 28.3 Å². The van der Waals surface area contributed by atoms with Gasteiger partial charge in [-0.1, -0.05) is 41.5 Å². The number of carboxylic acid groups (broad SMARTS) is 1. The number of aromatic carboxylic acids is 1. The van der Waals surface area contributed by atoms with E-state index in [-0.39, 0.29) is 16.7 Å². The molecule has 0 radical (unpaired) electrons. The number of hydrogen-bond donors (Lipinski definition) is 2. The van der Waals surface area contributed by atoms with Crippen LogP contribution in [-0.2, 0) is 4.79 Å². The smallest absolute Gasteiger partial charge is 0.348 e. The topological polar surface area (TPSA) is 79.3 Å². The maximum absolute atomic E-state index is 12.0. The number of thiazole rings is 1. The van der Waals surface area contributed by atoms with Crippen molar-refractivity contribution in [3.05, 3.63) is 34.7 Å². The van der Waals surface area contributed by atoms with E-state index in [0.717, 1.165) is 41.7 Å². The van der Waals surface area contributed by atoms with E-state index in [2.05, 4.69) is 10.3 Å². The van der Waals surface area contributed by atoms with E-state index in [1.807, 2.05) is 31.2 Å². The number of nitrogens with zero attached hydrogens (tertiary/aromatic N) is 1. The van der Waals surface area contributed by atoms with Gasteiger partial charge in [0.1, 0.15) is 4.88 Å². The fraction of sp³-hybridized carbons (Fsp3) is 0.312. The van der Waals surface area contributed by atoms with Gasteiger partial charge < -0.3 is 10.4 Å².